The Labute approximate surface area is 366 Å². The molecule has 2 aliphatic heterocycles. The number of anilines is 1. The number of hydrogen-bond acceptors (Lipinski definition) is 10. The summed E-state index contributed by atoms with van der Waals surface area (Å²) in [5, 5.41) is 11.3. The summed E-state index contributed by atoms with van der Waals surface area (Å²) in [5.41, 5.74) is 0.0106. The average Bonchev–Trinajstić information content (AvgIpc) is 3.65. The Bertz CT molecular complexity index is 3050. The van der Waals surface area contributed by atoms with Crippen LogP contribution in [0, 0.1) is 9.49 Å². The third-order valence-corrected chi connectivity index (χ3v) is 13.4. The van der Waals surface area contributed by atoms with Crippen molar-refractivity contribution in [2.45, 2.75) is 43.3 Å². The first kappa shape index (κ1) is 40.3. The molecule has 17 heteroatoms. The highest BCUT2D eigenvalue weighted by molar-refractivity contribution is 14.1. The lowest BCUT2D eigenvalue weighted by Gasteiger charge is -2.49. The molecule has 4 heterocycles. The number of ether oxygens (including phenoxy) is 3. The Kier molecular flexibility index (Phi) is 9.96. The number of aromatic hydroxyl groups is 1. The van der Waals surface area contributed by atoms with E-state index in [0.717, 1.165) is 4.57 Å². The Balaban J connectivity index is 1.20. The summed E-state index contributed by atoms with van der Waals surface area (Å²) < 4.78 is 22.2. The van der Waals surface area contributed by atoms with Crippen molar-refractivity contribution in [3.05, 3.63) is 147 Å². The maximum absolute atomic E-state index is 15.5. The number of phenols is 1. The van der Waals surface area contributed by atoms with Crippen LogP contribution in [-0.2, 0) is 41.6 Å². The third kappa shape index (κ3) is 5.96. The molecule has 1 N–H and O–H groups in total. The van der Waals surface area contributed by atoms with E-state index >= 15 is 9.59 Å². The molecule has 1 saturated carbocycles. The first-order valence-corrected chi connectivity index (χ1v) is 20.8. The first-order chi connectivity index (χ1) is 29.3. The molecule has 0 unspecified atom stereocenters. The van der Waals surface area contributed by atoms with E-state index in [1.807, 2.05) is 59.0 Å². The molecule has 9 rings (SSSR count). The summed E-state index contributed by atoms with van der Waals surface area (Å²) >= 11 is 8.43. The van der Waals surface area contributed by atoms with Crippen LogP contribution < -0.4 is 36.0 Å². The normalized spacial score (nSPS) is 20.6. The lowest BCUT2D eigenvalue weighted by molar-refractivity contribution is -0.124. The largest absolute Gasteiger partial charge is 0.504 e. The summed E-state index contributed by atoms with van der Waals surface area (Å²) in [6.07, 6.45) is 1.80. The predicted octanol–water partition coefficient (Wildman–Crippen LogP) is 5.09. The molecule has 0 spiro atoms. The zero-order valence-corrected chi connectivity index (χ0v) is 36.2. The van der Waals surface area contributed by atoms with Gasteiger partial charge in [-0.1, -0.05) is 54.1 Å². The Morgan fingerprint density at radius 1 is 0.885 bits per heavy atom. The number of halogens is 2. The van der Waals surface area contributed by atoms with Crippen molar-refractivity contribution in [2.24, 2.45) is 13.0 Å². The molecule has 4 aromatic carbocycles. The molecule has 2 amide bonds. The summed E-state index contributed by atoms with van der Waals surface area (Å²) in [7, 11) is 6.03. The van der Waals surface area contributed by atoms with E-state index in [1.54, 1.807) is 55.6 Å². The molecule has 3 aliphatic rings. The zero-order valence-electron chi connectivity index (χ0n) is 33.3. The number of carbonyl (C=O) groups excluding carboxylic acids is 2. The number of aromatic nitrogens is 5. The number of carbonyl (C=O) groups is 2. The second-order valence-electron chi connectivity index (χ2n) is 15.2. The number of rotatable bonds is 9. The minimum Gasteiger partial charge on any atom is -0.504 e. The molecule has 2 aromatic heterocycles. The van der Waals surface area contributed by atoms with Crippen LogP contribution in [0.5, 0.6) is 23.0 Å². The van der Waals surface area contributed by atoms with Crippen molar-refractivity contribution in [1.82, 2.24) is 23.5 Å². The second kappa shape index (κ2) is 15.1. The number of nitrogens with zero attached hydrogens (tertiary/aromatic N) is 6. The van der Waals surface area contributed by atoms with Crippen LogP contribution in [0.25, 0.3) is 11.0 Å². The van der Waals surface area contributed by atoms with Gasteiger partial charge in [0.2, 0.25) is 11.8 Å². The molecular weight excluding hydrogens is 919 g/mol. The number of aryl methyl sites for hydroxylation is 2. The van der Waals surface area contributed by atoms with Crippen LogP contribution in [-0.4, -0.2) is 61.7 Å². The summed E-state index contributed by atoms with van der Waals surface area (Å²) in [6.45, 7) is -0.190. The number of allylic oxidation sites excluding steroid dienone is 2. The monoisotopic (exact) mass is 956 g/mol. The van der Waals surface area contributed by atoms with E-state index in [9.17, 15) is 19.5 Å². The Morgan fingerprint density at radius 2 is 1.61 bits per heavy atom. The summed E-state index contributed by atoms with van der Waals surface area (Å²) in [5.74, 6) is -1.97. The molecule has 6 aromatic rings. The fourth-order valence-corrected chi connectivity index (χ4v) is 10.4. The van der Waals surface area contributed by atoms with Gasteiger partial charge in [-0.2, -0.15) is 0 Å². The number of fused-ring (bicyclic) bond motifs is 5. The van der Waals surface area contributed by atoms with Gasteiger partial charge in [0.15, 0.2) is 23.0 Å². The van der Waals surface area contributed by atoms with Gasteiger partial charge in [-0.05, 0) is 76.0 Å². The van der Waals surface area contributed by atoms with Gasteiger partial charge in [0.25, 0.3) is 5.56 Å². The molecule has 0 bridgehead atoms. The van der Waals surface area contributed by atoms with E-state index in [0.29, 0.717) is 53.5 Å². The Morgan fingerprint density at radius 3 is 2.31 bits per heavy atom. The molecule has 1 aliphatic carbocycles. The van der Waals surface area contributed by atoms with Crippen LogP contribution in [0.4, 0.5) is 5.69 Å². The fraction of sp³-hybridized carbons (Fsp3) is 0.273. The number of imide groups is 1. The van der Waals surface area contributed by atoms with Crippen molar-refractivity contribution in [1.29, 1.82) is 0 Å². The van der Waals surface area contributed by atoms with Crippen LogP contribution in [0.3, 0.4) is 0 Å². The molecule has 61 heavy (non-hydrogen) atoms. The SMILES string of the molecule is COc1cc2nc(CCn3c(=O)n4n(c3=O)[C@@H]3C[C@H]5C(=O)N(c6cccc(Cl)c6)C(=O)[C@@]5(c5ccccc5)[C@@H](c5cc(I)c(O)c(OC)c5)C3=CC4)c(=O)n(C)c2cc1OC. The van der Waals surface area contributed by atoms with Crippen molar-refractivity contribution in [3.8, 4) is 23.0 Å². The van der Waals surface area contributed by atoms with Crippen molar-refractivity contribution < 1.29 is 28.9 Å². The van der Waals surface area contributed by atoms with E-state index in [4.69, 9.17) is 25.8 Å². The topological polar surface area (TPSA) is 169 Å². The van der Waals surface area contributed by atoms with Gasteiger partial charge in [-0.15, -0.1) is 0 Å². The predicted molar refractivity (Wildman–Crippen MR) is 234 cm³/mol. The summed E-state index contributed by atoms with van der Waals surface area (Å²) in [4.78, 5) is 78.9. The first-order valence-electron chi connectivity index (χ1n) is 19.3. The van der Waals surface area contributed by atoms with E-state index in [1.165, 1.54) is 40.2 Å². The molecule has 4 atom stereocenters. The Hall–Kier alpha value is -6.14. The van der Waals surface area contributed by atoms with Gasteiger partial charge in [0, 0.05) is 43.1 Å². The second-order valence-corrected chi connectivity index (χ2v) is 16.8. The molecule has 15 nitrogen and oxygen atoms in total. The fourth-order valence-electron chi connectivity index (χ4n) is 9.63. The molecule has 312 valence electrons. The van der Waals surface area contributed by atoms with Gasteiger partial charge in [0.05, 0.1) is 65.5 Å². The molecule has 2 fully saturated rings. The highest BCUT2D eigenvalue weighted by Gasteiger charge is 2.68. The lowest BCUT2D eigenvalue weighted by atomic mass is 9.53. The lowest BCUT2D eigenvalue weighted by Crippen LogP contribution is -2.53. The van der Waals surface area contributed by atoms with Crippen LogP contribution in [0.1, 0.15) is 35.2 Å². The van der Waals surface area contributed by atoms with Gasteiger partial charge in [0.1, 0.15) is 5.69 Å². The third-order valence-electron chi connectivity index (χ3n) is 12.3. The highest BCUT2D eigenvalue weighted by atomic mass is 127. The van der Waals surface area contributed by atoms with Crippen molar-refractivity contribution >= 4 is 62.7 Å². The van der Waals surface area contributed by atoms with Crippen LogP contribution >= 0.6 is 34.2 Å². The molecule has 1 saturated heterocycles. The number of methoxy groups -OCH3 is 3. The maximum Gasteiger partial charge on any atom is 0.347 e. The minimum absolute atomic E-state index is 0.00734. The van der Waals surface area contributed by atoms with Crippen molar-refractivity contribution in [3.63, 3.8) is 0 Å². The number of phenolic OH excluding ortho intramolecular Hbond substituents is 1. The number of hydrogen-bond donors (Lipinski definition) is 1. The van der Waals surface area contributed by atoms with Crippen molar-refractivity contribution in [2.75, 3.05) is 26.2 Å². The van der Waals surface area contributed by atoms with E-state index in [2.05, 4.69) is 4.98 Å². The van der Waals surface area contributed by atoms with Gasteiger partial charge >= 0.3 is 11.4 Å². The van der Waals surface area contributed by atoms with Crippen LogP contribution in [0.15, 0.2) is 105 Å². The standard InChI is InChI=1S/C44H38ClIN6O9/c1-48-33-22-35(60-3)34(59-2)21-31(33)47-30(40(48)55)14-15-49-42(57)50-16-13-27-32(52(50)43(49)58)20-28-39(54)51(26-12-8-11-25(45)19-26)41(56)44(28,24-9-6-5-7-10-24)37(27)23-17-29(46)38(53)36(18-23)61-4/h5-13,17-19,21-22,28,32,37,53H,14-16,20H2,1-4H3/t28-,32+,37-,44+/m0/s1. The maximum atomic E-state index is 15.5. The zero-order chi connectivity index (χ0) is 43.1. The van der Waals surface area contributed by atoms with E-state index < -0.39 is 52.0 Å². The van der Waals surface area contributed by atoms with Gasteiger partial charge in [-0.25, -0.2) is 33.4 Å². The number of amides is 2. The average molecular weight is 957 g/mol. The van der Waals surface area contributed by atoms with E-state index in [-0.39, 0.29) is 43.1 Å². The minimum atomic E-state index is -1.54. The number of benzene rings is 4. The molecule has 0 radical (unpaired) electrons. The van der Waals surface area contributed by atoms with Crippen LogP contribution in [0.2, 0.25) is 5.02 Å². The smallest absolute Gasteiger partial charge is 0.347 e. The molecular formula is C44H38ClIN6O9. The highest BCUT2D eigenvalue weighted by Crippen LogP contribution is 2.63. The summed E-state index contributed by atoms with van der Waals surface area (Å²) in [6, 6.07) is 21.5. The van der Waals surface area contributed by atoms with Gasteiger partial charge in [-0.3, -0.25) is 14.4 Å². The quantitative estimate of drug-likeness (QED) is 0.117. The van der Waals surface area contributed by atoms with Gasteiger partial charge < -0.3 is 23.9 Å².